The molecule has 1 saturated heterocycles. The molecule has 1 N–H and O–H groups in total. The highest BCUT2D eigenvalue weighted by Gasteiger charge is 2.32. The Balaban J connectivity index is 1.74. The summed E-state index contributed by atoms with van der Waals surface area (Å²) in [7, 11) is 3.23. The number of carbonyl (C=O) groups is 1. The number of amides is 1. The molecule has 8 heteroatoms. The fourth-order valence-corrected chi connectivity index (χ4v) is 3.78. The second-order valence-electron chi connectivity index (χ2n) is 8.05. The van der Waals surface area contributed by atoms with Crippen LogP contribution in [0.3, 0.4) is 0 Å². The summed E-state index contributed by atoms with van der Waals surface area (Å²) in [4.78, 5) is 15.3. The van der Waals surface area contributed by atoms with Crippen LogP contribution in [0, 0.1) is 0 Å². The molecule has 7 nitrogen and oxygen atoms in total. The van der Waals surface area contributed by atoms with Gasteiger partial charge in [-0.2, -0.15) is 0 Å². The van der Waals surface area contributed by atoms with Crippen LogP contribution < -0.4 is 19.5 Å². The number of hydrogen-bond donors (Lipinski definition) is 1. The van der Waals surface area contributed by atoms with E-state index in [1.807, 2.05) is 18.2 Å². The number of hydrogen-bond acceptors (Lipinski definition) is 6. The van der Waals surface area contributed by atoms with Gasteiger partial charge in [0.05, 0.1) is 33.5 Å². The maximum absolute atomic E-state index is 13.0. The third kappa shape index (κ3) is 6.06. The SMILES string of the molecule is COc1ccc(C(CNC(=O)C(C)(C)Oc2ccc(Cl)cc2)N2CCOCC2)cc1OC. The first kappa shape index (κ1) is 24.2. The Morgan fingerprint density at radius 2 is 1.75 bits per heavy atom. The van der Waals surface area contributed by atoms with Crippen molar-refractivity contribution in [1.82, 2.24) is 10.2 Å². The molecule has 2 aromatic carbocycles. The van der Waals surface area contributed by atoms with E-state index in [0.29, 0.717) is 42.0 Å². The lowest BCUT2D eigenvalue weighted by Gasteiger charge is -2.36. The lowest BCUT2D eigenvalue weighted by atomic mass is 10.0. The van der Waals surface area contributed by atoms with Crippen LogP contribution in [-0.4, -0.2) is 63.5 Å². The number of halogens is 1. The van der Waals surface area contributed by atoms with Crippen LogP contribution in [0.5, 0.6) is 17.2 Å². The van der Waals surface area contributed by atoms with Gasteiger partial charge in [-0.05, 0) is 55.8 Å². The van der Waals surface area contributed by atoms with Crippen molar-refractivity contribution in [3.05, 3.63) is 53.1 Å². The van der Waals surface area contributed by atoms with Crippen molar-refractivity contribution in [2.24, 2.45) is 0 Å². The van der Waals surface area contributed by atoms with Gasteiger partial charge in [-0.25, -0.2) is 0 Å². The Kier molecular flexibility index (Phi) is 8.23. The molecule has 174 valence electrons. The lowest BCUT2D eigenvalue weighted by Crippen LogP contribution is -2.50. The van der Waals surface area contributed by atoms with E-state index in [2.05, 4.69) is 10.2 Å². The minimum atomic E-state index is -1.05. The number of nitrogens with zero attached hydrogens (tertiary/aromatic N) is 1. The molecule has 1 amide bonds. The van der Waals surface area contributed by atoms with Gasteiger partial charge in [0.15, 0.2) is 17.1 Å². The summed E-state index contributed by atoms with van der Waals surface area (Å²) in [6.07, 6.45) is 0. The van der Waals surface area contributed by atoms with Gasteiger partial charge in [-0.1, -0.05) is 17.7 Å². The summed E-state index contributed by atoms with van der Waals surface area (Å²) in [6.45, 7) is 6.78. The molecule has 1 atom stereocenters. The maximum Gasteiger partial charge on any atom is 0.263 e. The van der Waals surface area contributed by atoms with Gasteiger partial charge < -0.3 is 24.3 Å². The van der Waals surface area contributed by atoms with Crippen LogP contribution in [0.15, 0.2) is 42.5 Å². The zero-order valence-electron chi connectivity index (χ0n) is 19.0. The normalized spacial score (nSPS) is 15.7. The van der Waals surface area contributed by atoms with E-state index in [9.17, 15) is 4.79 Å². The smallest absolute Gasteiger partial charge is 0.263 e. The summed E-state index contributed by atoms with van der Waals surface area (Å²) in [5, 5.41) is 3.69. The van der Waals surface area contributed by atoms with Crippen LogP contribution in [-0.2, 0) is 9.53 Å². The van der Waals surface area contributed by atoms with Crippen molar-refractivity contribution in [3.8, 4) is 17.2 Å². The number of ether oxygens (including phenoxy) is 4. The molecule has 1 aliphatic rings. The average Bonchev–Trinajstić information content (AvgIpc) is 2.81. The molecular weight excluding hydrogens is 432 g/mol. The molecule has 1 unspecified atom stereocenters. The standard InChI is InChI=1S/C24H31ClN2O5/c1-24(2,32-19-8-6-18(25)7-9-19)23(28)26-16-20(27-11-13-31-14-12-27)17-5-10-21(29-3)22(15-17)30-4/h5-10,15,20H,11-14,16H2,1-4H3,(H,26,28). The van der Waals surface area contributed by atoms with Gasteiger partial charge in [-0.15, -0.1) is 0 Å². The highest BCUT2D eigenvalue weighted by Crippen LogP contribution is 2.32. The summed E-state index contributed by atoms with van der Waals surface area (Å²) in [5.74, 6) is 1.70. The molecule has 0 bridgehead atoms. The Labute approximate surface area is 194 Å². The second kappa shape index (κ2) is 10.9. The summed E-state index contributed by atoms with van der Waals surface area (Å²) in [6, 6.07) is 12.8. The Morgan fingerprint density at radius 3 is 2.38 bits per heavy atom. The van der Waals surface area contributed by atoms with Crippen LogP contribution in [0.25, 0.3) is 0 Å². The monoisotopic (exact) mass is 462 g/mol. The molecule has 3 rings (SSSR count). The molecule has 2 aromatic rings. The highest BCUT2D eigenvalue weighted by atomic mass is 35.5. The molecule has 0 radical (unpaired) electrons. The Hall–Kier alpha value is -2.48. The molecule has 1 heterocycles. The molecule has 0 spiro atoms. The fourth-order valence-electron chi connectivity index (χ4n) is 3.65. The second-order valence-corrected chi connectivity index (χ2v) is 8.49. The molecule has 32 heavy (non-hydrogen) atoms. The lowest BCUT2D eigenvalue weighted by molar-refractivity contribution is -0.134. The number of benzene rings is 2. The fraction of sp³-hybridized carbons (Fsp3) is 0.458. The van der Waals surface area contributed by atoms with Gasteiger partial charge in [0, 0.05) is 24.7 Å². The van der Waals surface area contributed by atoms with E-state index in [4.69, 9.17) is 30.5 Å². The quantitative estimate of drug-likeness (QED) is 0.612. The van der Waals surface area contributed by atoms with Gasteiger partial charge in [-0.3, -0.25) is 9.69 Å². The van der Waals surface area contributed by atoms with Crippen LogP contribution in [0.2, 0.25) is 5.02 Å². The Bertz CT molecular complexity index is 898. The van der Waals surface area contributed by atoms with Gasteiger partial charge >= 0.3 is 0 Å². The van der Waals surface area contributed by atoms with Crippen LogP contribution in [0.4, 0.5) is 0 Å². The van der Waals surface area contributed by atoms with Crippen molar-refractivity contribution in [2.45, 2.75) is 25.5 Å². The maximum atomic E-state index is 13.0. The third-order valence-corrected chi connectivity index (χ3v) is 5.72. The summed E-state index contributed by atoms with van der Waals surface area (Å²) >= 11 is 5.94. The predicted molar refractivity (Wildman–Crippen MR) is 124 cm³/mol. The molecule has 0 saturated carbocycles. The van der Waals surface area contributed by atoms with Crippen molar-refractivity contribution in [2.75, 3.05) is 47.1 Å². The summed E-state index contributed by atoms with van der Waals surface area (Å²) < 4.78 is 22.3. The van der Waals surface area contributed by atoms with Crippen LogP contribution >= 0.6 is 11.6 Å². The zero-order valence-corrected chi connectivity index (χ0v) is 19.8. The van der Waals surface area contributed by atoms with Gasteiger partial charge in [0.2, 0.25) is 0 Å². The molecule has 0 aliphatic carbocycles. The topological polar surface area (TPSA) is 69.3 Å². The minimum Gasteiger partial charge on any atom is -0.493 e. The highest BCUT2D eigenvalue weighted by molar-refractivity contribution is 6.30. The Morgan fingerprint density at radius 1 is 1.09 bits per heavy atom. The number of methoxy groups -OCH3 is 2. The van der Waals surface area contributed by atoms with E-state index in [1.54, 1.807) is 52.3 Å². The first-order chi connectivity index (χ1) is 15.3. The van der Waals surface area contributed by atoms with E-state index >= 15 is 0 Å². The molecule has 0 aromatic heterocycles. The van der Waals surface area contributed by atoms with Crippen molar-refractivity contribution < 1.29 is 23.7 Å². The van der Waals surface area contributed by atoms with E-state index in [0.717, 1.165) is 18.7 Å². The summed E-state index contributed by atoms with van der Waals surface area (Å²) in [5.41, 5.74) is -0.0256. The van der Waals surface area contributed by atoms with E-state index in [1.165, 1.54) is 0 Å². The number of nitrogens with one attached hydrogen (secondary N) is 1. The van der Waals surface area contributed by atoms with Crippen molar-refractivity contribution in [1.29, 1.82) is 0 Å². The number of carbonyl (C=O) groups excluding carboxylic acids is 1. The first-order valence-corrected chi connectivity index (χ1v) is 11.0. The largest absolute Gasteiger partial charge is 0.493 e. The van der Waals surface area contributed by atoms with E-state index < -0.39 is 5.60 Å². The predicted octanol–water partition coefficient (Wildman–Crippen LogP) is 3.70. The van der Waals surface area contributed by atoms with Gasteiger partial charge in [0.1, 0.15) is 5.75 Å². The first-order valence-electron chi connectivity index (χ1n) is 10.6. The minimum absolute atomic E-state index is 0.0472. The molecular formula is C24H31ClN2O5. The number of rotatable bonds is 9. The molecule has 1 fully saturated rings. The van der Waals surface area contributed by atoms with Crippen molar-refractivity contribution >= 4 is 17.5 Å². The zero-order chi connectivity index (χ0) is 23.1. The number of morpholine rings is 1. The van der Waals surface area contributed by atoms with Crippen LogP contribution in [0.1, 0.15) is 25.5 Å². The van der Waals surface area contributed by atoms with Gasteiger partial charge in [0.25, 0.3) is 5.91 Å². The molecule has 1 aliphatic heterocycles. The van der Waals surface area contributed by atoms with Crippen molar-refractivity contribution in [3.63, 3.8) is 0 Å². The van der Waals surface area contributed by atoms with E-state index in [-0.39, 0.29) is 11.9 Å². The average molecular weight is 463 g/mol. The third-order valence-electron chi connectivity index (χ3n) is 5.47.